The molecule has 0 fully saturated rings. The predicted molar refractivity (Wildman–Crippen MR) is 163 cm³/mol. The van der Waals surface area contributed by atoms with E-state index in [9.17, 15) is 0 Å². The number of hydrogen-bond donors (Lipinski definition) is 0. The van der Waals surface area contributed by atoms with Gasteiger partial charge in [0.2, 0.25) is 0 Å². The fourth-order valence-electron chi connectivity index (χ4n) is 6.53. The Morgan fingerprint density at radius 3 is 1.87 bits per heavy atom. The largest absolute Gasteiger partial charge is 0.294 e. The lowest BCUT2D eigenvalue weighted by Crippen LogP contribution is -2.17. The van der Waals surface area contributed by atoms with E-state index in [-0.39, 0.29) is 0 Å². The smallest absolute Gasteiger partial charge is 0.148 e. The zero-order valence-corrected chi connectivity index (χ0v) is 21.0. The zero-order valence-electron chi connectivity index (χ0n) is 21.0. The molecule has 0 bridgehead atoms. The summed E-state index contributed by atoms with van der Waals surface area (Å²) in [5.74, 6) is 0.926. The van der Waals surface area contributed by atoms with Gasteiger partial charge in [-0.05, 0) is 68.0 Å². The molecule has 0 amide bonds. The van der Waals surface area contributed by atoms with E-state index in [4.69, 9.17) is 9.97 Å². The number of para-hydroxylation sites is 2. The Morgan fingerprint density at radius 2 is 1.10 bits per heavy atom. The standard InChI is InChI=1S/C36H21N3/c1-2-11-25-23(9-1)24-10-3-4-12-26(24)31-21-22(17-18-27(25)31)39-33-16-8-6-14-30(33)35-34-29(19-20-37-35)28-13-5-7-15-32(28)38-36(34)39/h1-21H. The van der Waals surface area contributed by atoms with Crippen LogP contribution in [0.25, 0.3) is 65.3 Å². The number of fused-ring (bicyclic) bond motifs is 10. The van der Waals surface area contributed by atoms with Crippen LogP contribution >= 0.6 is 0 Å². The molecule has 3 nitrogen and oxygen atoms in total. The minimum atomic E-state index is 0.926. The van der Waals surface area contributed by atoms with Gasteiger partial charge in [-0.2, -0.15) is 0 Å². The van der Waals surface area contributed by atoms with E-state index < -0.39 is 0 Å². The molecule has 0 N–H and O–H groups in total. The van der Waals surface area contributed by atoms with Gasteiger partial charge in [0.15, 0.2) is 0 Å². The van der Waals surface area contributed by atoms with E-state index in [0.717, 1.165) is 44.7 Å². The van der Waals surface area contributed by atoms with E-state index in [1.54, 1.807) is 0 Å². The summed E-state index contributed by atoms with van der Waals surface area (Å²) in [6.45, 7) is 0. The van der Waals surface area contributed by atoms with Crippen molar-refractivity contribution in [2.75, 3.05) is 4.90 Å². The Balaban J connectivity index is 1.43. The molecule has 2 aromatic heterocycles. The fraction of sp³-hybridized carbons (Fsp3) is 0. The van der Waals surface area contributed by atoms with Crippen molar-refractivity contribution in [1.82, 2.24) is 9.97 Å². The molecule has 6 aromatic carbocycles. The van der Waals surface area contributed by atoms with Crippen molar-refractivity contribution in [3.63, 3.8) is 0 Å². The second-order valence-corrected chi connectivity index (χ2v) is 10.2. The van der Waals surface area contributed by atoms with E-state index in [1.165, 1.54) is 37.7 Å². The molecule has 0 saturated carbocycles. The van der Waals surface area contributed by atoms with Crippen LogP contribution in [0.5, 0.6) is 0 Å². The van der Waals surface area contributed by atoms with E-state index in [2.05, 4.69) is 126 Å². The average Bonchev–Trinajstić information content (AvgIpc) is 3.01. The topological polar surface area (TPSA) is 29.0 Å². The van der Waals surface area contributed by atoms with Crippen LogP contribution in [0.1, 0.15) is 0 Å². The molecule has 9 rings (SSSR count). The predicted octanol–water partition coefficient (Wildman–Crippen LogP) is 9.69. The Bertz CT molecular complexity index is 2270. The molecule has 0 aliphatic carbocycles. The maximum atomic E-state index is 5.27. The summed E-state index contributed by atoms with van der Waals surface area (Å²) in [7, 11) is 0. The molecule has 0 radical (unpaired) electrons. The molecule has 0 atom stereocenters. The number of hydrogen-bond acceptors (Lipinski definition) is 3. The summed E-state index contributed by atoms with van der Waals surface area (Å²) >= 11 is 0. The van der Waals surface area contributed by atoms with Crippen molar-refractivity contribution >= 4 is 71.2 Å². The molecule has 0 saturated heterocycles. The quantitative estimate of drug-likeness (QED) is 0.212. The van der Waals surface area contributed by atoms with Gasteiger partial charge in [0.25, 0.3) is 0 Å². The summed E-state index contributed by atoms with van der Waals surface area (Å²) in [5.41, 5.74) is 5.28. The minimum absolute atomic E-state index is 0.926. The van der Waals surface area contributed by atoms with Gasteiger partial charge in [-0.15, -0.1) is 0 Å². The second kappa shape index (κ2) is 7.62. The lowest BCUT2D eigenvalue weighted by molar-refractivity contribution is 1.20. The lowest BCUT2D eigenvalue weighted by Gasteiger charge is -2.32. The first-order valence-corrected chi connectivity index (χ1v) is 13.3. The summed E-state index contributed by atoms with van der Waals surface area (Å²) in [5, 5.41) is 11.0. The number of benzene rings is 6. The summed E-state index contributed by atoms with van der Waals surface area (Å²) < 4.78 is 0. The van der Waals surface area contributed by atoms with Crippen LogP contribution in [0.3, 0.4) is 0 Å². The minimum Gasteiger partial charge on any atom is -0.294 e. The average molecular weight is 496 g/mol. The van der Waals surface area contributed by atoms with Gasteiger partial charge in [-0.1, -0.05) is 91.0 Å². The number of nitrogens with zero attached hydrogens (tertiary/aromatic N) is 3. The van der Waals surface area contributed by atoms with Crippen molar-refractivity contribution in [1.29, 1.82) is 0 Å². The van der Waals surface area contributed by atoms with Crippen LogP contribution < -0.4 is 4.90 Å². The highest BCUT2D eigenvalue weighted by Crippen LogP contribution is 2.51. The van der Waals surface area contributed by atoms with Crippen LogP contribution in [0.4, 0.5) is 17.2 Å². The summed E-state index contributed by atoms with van der Waals surface area (Å²) in [6, 6.07) is 43.4. The Morgan fingerprint density at radius 1 is 0.487 bits per heavy atom. The van der Waals surface area contributed by atoms with Crippen molar-refractivity contribution in [3.05, 3.63) is 128 Å². The van der Waals surface area contributed by atoms with Crippen LogP contribution in [-0.4, -0.2) is 9.97 Å². The van der Waals surface area contributed by atoms with Crippen LogP contribution in [0.15, 0.2) is 128 Å². The van der Waals surface area contributed by atoms with Crippen molar-refractivity contribution in [2.45, 2.75) is 0 Å². The number of pyridine rings is 2. The van der Waals surface area contributed by atoms with Gasteiger partial charge in [-0.25, -0.2) is 4.98 Å². The van der Waals surface area contributed by atoms with Gasteiger partial charge < -0.3 is 0 Å². The zero-order chi connectivity index (χ0) is 25.5. The molecule has 0 unspecified atom stereocenters. The third-order valence-electron chi connectivity index (χ3n) is 8.19. The Kier molecular flexibility index (Phi) is 4.05. The molecule has 0 spiro atoms. The first kappa shape index (κ1) is 20.7. The number of rotatable bonds is 1. The maximum absolute atomic E-state index is 5.27. The molecule has 3 heteroatoms. The van der Waals surface area contributed by atoms with Gasteiger partial charge in [-0.3, -0.25) is 9.88 Å². The second-order valence-electron chi connectivity index (χ2n) is 10.2. The molecule has 1 aliphatic rings. The van der Waals surface area contributed by atoms with Gasteiger partial charge in [0, 0.05) is 22.8 Å². The van der Waals surface area contributed by atoms with Crippen LogP contribution in [0.2, 0.25) is 0 Å². The van der Waals surface area contributed by atoms with Gasteiger partial charge >= 0.3 is 0 Å². The van der Waals surface area contributed by atoms with E-state index in [0.29, 0.717) is 0 Å². The molecular formula is C36H21N3. The van der Waals surface area contributed by atoms with Crippen LogP contribution in [0, 0.1) is 0 Å². The van der Waals surface area contributed by atoms with Crippen molar-refractivity contribution in [2.24, 2.45) is 0 Å². The Hall–Kier alpha value is -5.28. The molecule has 39 heavy (non-hydrogen) atoms. The highest BCUT2D eigenvalue weighted by molar-refractivity contribution is 6.26. The maximum Gasteiger partial charge on any atom is 0.148 e. The highest BCUT2D eigenvalue weighted by atomic mass is 15.2. The fourth-order valence-corrected chi connectivity index (χ4v) is 6.53. The van der Waals surface area contributed by atoms with Crippen molar-refractivity contribution < 1.29 is 0 Å². The summed E-state index contributed by atoms with van der Waals surface area (Å²) in [4.78, 5) is 12.5. The van der Waals surface area contributed by atoms with E-state index >= 15 is 0 Å². The third kappa shape index (κ3) is 2.76. The first-order valence-electron chi connectivity index (χ1n) is 13.3. The van der Waals surface area contributed by atoms with E-state index in [1.807, 2.05) is 6.20 Å². The van der Waals surface area contributed by atoms with Gasteiger partial charge in [0.1, 0.15) is 5.82 Å². The SMILES string of the molecule is c1ccc2c(c1)-c1nccc3c1c(nc1ccccc13)N2c1ccc2c3ccccc3c3ccccc3c2c1. The molecule has 8 aromatic rings. The normalized spacial score (nSPS) is 12.6. The Labute approximate surface area is 224 Å². The molecule has 3 heterocycles. The summed E-state index contributed by atoms with van der Waals surface area (Å²) in [6.07, 6.45) is 1.92. The third-order valence-corrected chi connectivity index (χ3v) is 8.19. The number of anilines is 3. The first-order chi connectivity index (χ1) is 19.4. The molecular weight excluding hydrogens is 474 g/mol. The van der Waals surface area contributed by atoms with Gasteiger partial charge in [0.05, 0.1) is 22.3 Å². The molecule has 1 aliphatic heterocycles. The number of aromatic nitrogens is 2. The molecule has 180 valence electrons. The monoisotopic (exact) mass is 495 g/mol. The lowest BCUT2D eigenvalue weighted by atomic mass is 9.93. The highest BCUT2D eigenvalue weighted by Gasteiger charge is 2.29. The van der Waals surface area contributed by atoms with Crippen molar-refractivity contribution in [3.8, 4) is 11.3 Å². The van der Waals surface area contributed by atoms with Crippen LogP contribution in [-0.2, 0) is 0 Å².